The zero-order valence-electron chi connectivity index (χ0n) is 13.3. The van der Waals surface area contributed by atoms with Gasteiger partial charge in [-0.05, 0) is 44.3 Å². The van der Waals surface area contributed by atoms with Crippen LogP contribution in [-0.2, 0) is 6.54 Å². The van der Waals surface area contributed by atoms with Crippen molar-refractivity contribution in [2.24, 2.45) is 5.92 Å². The number of rotatable bonds is 4. The van der Waals surface area contributed by atoms with Gasteiger partial charge in [-0.1, -0.05) is 30.3 Å². The van der Waals surface area contributed by atoms with Crippen LogP contribution in [0.1, 0.15) is 25.3 Å². The Kier molecular flexibility index (Phi) is 5.28. The highest BCUT2D eigenvalue weighted by molar-refractivity contribution is 5.14. The maximum Gasteiger partial charge on any atom is 0.0234 e. The number of piperidine rings is 1. The molecule has 1 aromatic rings. The van der Waals surface area contributed by atoms with Crippen LogP contribution in [-0.4, -0.2) is 55.1 Å². The average Bonchev–Trinajstić information content (AvgIpc) is 2.52. The lowest BCUT2D eigenvalue weighted by Crippen LogP contribution is -2.53. The summed E-state index contributed by atoms with van der Waals surface area (Å²) in [6.45, 7) is 10.9. The largest absolute Gasteiger partial charge is 0.317 e. The fourth-order valence-electron chi connectivity index (χ4n) is 3.72. The highest BCUT2D eigenvalue weighted by Crippen LogP contribution is 2.18. The van der Waals surface area contributed by atoms with E-state index >= 15 is 0 Å². The summed E-state index contributed by atoms with van der Waals surface area (Å²) >= 11 is 0. The Morgan fingerprint density at radius 2 is 1.86 bits per heavy atom. The zero-order chi connectivity index (χ0) is 14.5. The molecule has 3 rings (SSSR count). The van der Waals surface area contributed by atoms with E-state index in [1.54, 1.807) is 0 Å². The van der Waals surface area contributed by atoms with Crippen molar-refractivity contribution in [3.8, 4) is 0 Å². The van der Waals surface area contributed by atoms with Gasteiger partial charge in [0.2, 0.25) is 0 Å². The van der Waals surface area contributed by atoms with Gasteiger partial charge in [0.05, 0.1) is 0 Å². The van der Waals surface area contributed by atoms with E-state index in [1.165, 1.54) is 57.7 Å². The van der Waals surface area contributed by atoms with Gasteiger partial charge >= 0.3 is 0 Å². The Bertz CT molecular complexity index is 414. The molecular formula is C18H29N3. The first-order valence-electron chi connectivity index (χ1n) is 8.52. The molecule has 2 aliphatic heterocycles. The lowest BCUT2D eigenvalue weighted by molar-refractivity contribution is 0.0619. The smallest absolute Gasteiger partial charge is 0.0234 e. The Morgan fingerprint density at radius 3 is 2.57 bits per heavy atom. The minimum absolute atomic E-state index is 0.692. The molecule has 2 heterocycles. The molecule has 0 amide bonds. The van der Waals surface area contributed by atoms with Gasteiger partial charge in [-0.2, -0.15) is 0 Å². The van der Waals surface area contributed by atoms with Gasteiger partial charge in [0.1, 0.15) is 0 Å². The molecule has 3 heteroatoms. The van der Waals surface area contributed by atoms with E-state index in [0.29, 0.717) is 6.04 Å². The molecule has 21 heavy (non-hydrogen) atoms. The zero-order valence-corrected chi connectivity index (χ0v) is 13.3. The molecule has 0 saturated carbocycles. The third-order valence-electron chi connectivity index (χ3n) is 5.05. The van der Waals surface area contributed by atoms with E-state index in [1.807, 2.05) is 0 Å². The van der Waals surface area contributed by atoms with E-state index in [0.717, 1.165) is 12.5 Å². The minimum Gasteiger partial charge on any atom is -0.317 e. The van der Waals surface area contributed by atoms with Crippen molar-refractivity contribution in [2.75, 3.05) is 39.3 Å². The Morgan fingerprint density at radius 1 is 1.10 bits per heavy atom. The van der Waals surface area contributed by atoms with Crippen molar-refractivity contribution in [1.29, 1.82) is 0 Å². The Balaban J connectivity index is 1.47. The molecular weight excluding hydrogens is 258 g/mol. The molecule has 0 aromatic heterocycles. The Hall–Kier alpha value is -0.900. The molecule has 3 nitrogen and oxygen atoms in total. The molecule has 1 N–H and O–H groups in total. The molecule has 1 atom stereocenters. The van der Waals surface area contributed by atoms with Crippen molar-refractivity contribution in [1.82, 2.24) is 15.1 Å². The topological polar surface area (TPSA) is 18.5 Å². The molecule has 116 valence electrons. The number of benzene rings is 1. The molecule has 0 radical (unpaired) electrons. The highest BCUT2D eigenvalue weighted by Gasteiger charge is 2.26. The van der Waals surface area contributed by atoms with Gasteiger partial charge in [0.25, 0.3) is 0 Å². The van der Waals surface area contributed by atoms with E-state index in [-0.39, 0.29) is 0 Å². The molecule has 0 bridgehead atoms. The number of nitrogens with one attached hydrogen (secondary N) is 1. The second kappa shape index (κ2) is 7.39. The number of hydrogen-bond acceptors (Lipinski definition) is 3. The van der Waals surface area contributed by atoms with Crippen molar-refractivity contribution >= 4 is 0 Å². The fourth-order valence-corrected chi connectivity index (χ4v) is 3.72. The van der Waals surface area contributed by atoms with Crippen LogP contribution in [0.25, 0.3) is 0 Å². The van der Waals surface area contributed by atoms with E-state index < -0.39 is 0 Å². The molecule has 1 unspecified atom stereocenters. The minimum atomic E-state index is 0.692. The molecule has 0 aliphatic carbocycles. The third kappa shape index (κ3) is 4.29. The summed E-state index contributed by atoms with van der Waals surface area (Å²) < 4.78 is 0. The summed E-state index contributed by atoms with van der Waals surface area (Å²) in [5.41, 5.74) is 1.44. The summed E-state index contributed by atoms with van der Waals surface area (Å²) in [5.74, 6) is 0.911. The van der Waals surface area contributed by atoms with E-state index in [4.69, 9.17) is 0 Å². The van der Waals surface area contributed by atoms with Gasteiger partial charge in [0.15, 0.2) is 0 Å². The lowest BCUT2D eigenvalue weighted by Gasteiger charge is -2.42. The van der Waals surface area contributed by atoms with Crippen molar-refractivity contribution in [3.05, 3.63) is 35.9 Å². The number of nitrogens with zero attached hydrogens (tertiary/aromatic N) is 2. The fraction of sp³-hybridized carbons (Fsp3) is 0.667. The summed E-state index contributed by atoms with van der Waals surface area (Å²) in [7, 11) is 0. The van der Waals surface area contributed by atoms with Crippen LogP contribution < -0.4 is 5.32 Å². The monoisotopic (exact) mass is 287 g/mol. The van der Waals surface area contributed by atoms with E-state index in [9.17, 15) is 0 Å². The predicted octanol–water partition coefficient (Wildman–Crippen LogP) is 2.19. The molecule has 2 fully saturated rings. The van der Waals surface area contributed by atoms with Crippen molar-refractivity contribution in [2.45, 2.75) is 32.4 Å². The summed E-state index contributed by atoms with van der Waals surface area (Å²) in [6.07, 6.45) is 2.72. The molecule has 2 saturated heterocycles. The van der Waals surface area contributed by atoms with Crippen LogP contribution in [0.2, 0.25) is 0 Å². The van der Waals surface area contributed by atoms with Gasteiger partial charge in [-0.3, -0.25) is 9.80 Å². The van der Waals surface area contributed by atoms with Crippen molar-refractivity contribution < 1.29 is 0 Å². The van der Waals surface area contributed by atoms with Crippen LogP contribution in [0.4, 0.5) is 0 Å². The SMILES string of the molecule is CC1CN(Cc2ccccc2)CCN1CC1CCNCC1. The number of piperazine rings is 1. The van der Waals surface area contributed by atoms with Crippen LogP contribution in [0.5, 0.6) is 0 Å². The summed E-state index contributed by atoms with van der Waals surface area (Å²) in [6, 6.07) is 11.6. The van der Waals surface area contributed by atoms with Crippen LogP contribution in [0.3, 0.4) is 0 Å². The van der Waals surface area contributed by atoms with Gasteiger partial charge in [-0.25, -0.2) is 0 Å². The van der Waals surface area contributed by atoms with Gasteiger partial charge in [0, 0.05) is 38.8 Å². The quantitative estimate of drug-likeness (QED) is 0.916. The second-order valence-corrected chi connectivity index (χ2v) is 6.76. The Labute approximate surface area is 129 Å². The first-order chi connectivity index (χ1) is 10.3. The average molecular weight is 287 g/mol. The highest BCUT2D eigenvalue weighted by atomic mass is 15.3. The number of hydrogen-bond donors (Lipinski definition) is 1. The first kappa shape index (κ1) is 15.0. The molecule has 0 spiro atoms. The van der Waals surface area contributed by atoms with Crippen LogP contribution >= 0.6 is 0 Å². The first-order valence-corrected chi connectivity index (χ1v) is 8.52. The summed E-state index contributed by atoms with van der Waals surface area (Å²) in [5, 5.41) is 3.47. The normalized spacial score (nSPS) is 26.0. The van der Waals surface area contributed by atoms with Gasteiger partial charge in [-0.15, -0.1) is 0 Å². The molecule has 1 aromatic carbocycles. The van der Waals surface area contributed by atoms with Crippen molar-refractivity contribution in [3.63, 3.8) is 0 Å². The van der Waals surface area contributed by atoms with Crippen LogP contribution in [0, 0.1) is 5.92 Å². The lowest BCUT2D eigenvalue weighted by atomic mass is 9.96. The van der Waals surface area contributed by atoms with Crippen LogP contribution in [0.15, 0.2) is 30.3 Å². The second-order valence-electron chi connectivity index (χ2n) is 6.76. The third-order valence-corrected chi connectivity index (χ3v) is 5.05. The predicted molar refractivity (Wildman–Crippen MR) is 88.3 cm³/mol. The molecule has 2 aliphatic rings. The van der Waals surface area contributed by atoms with Gasteiger partial charge < -0.3 is 5.32 Å². The maximum atomic E-state index is 3.47. The van der Waals surface area contributed by atoms with E-state index in [2.05, 4.69) is 52.4 Å². The summed E-state index contributed by atoms with van der Waals surface area (Å²) in [4.78, 5) is 5.33. The maximum absolute atomic E-state index is 3.47. The standard InChI is InChI=1S/C18H29N3/c1-16-13-20(14-17-5-3-2-4-6-17)11-12-21(16)15-18-7-9-19-10-8-18/h2-6,16,18-19H,7-15H2,1H3.